The molecular formula is C16H26N2O2. The zero-order valence-electron chi connectivity index (χ0n) is 12.6. The summed E-state index contributed by atoms with van der Waals surface area (Å²) in [6, 6.07) is 6.33. The summed E-state index contributed by atoms with van der Waals surface area (Å²) in [6.07, 6.45) is 2.46. The highest BCUT2D eigenvalue weighted by atomic mass is 16.5. The lowest BCUT2D eigenvalue weighted by molar-refractivity contribution is 0.0968. The van der Waals surface area contributed by atoms with Crippen molar-refractivity contribution in [3.8, 4) is 5.75 Å². The summed E-state index contributed by atoms with van der Waals surface area (Å²) in [5.74, 6) is 1.61. The van der Waals surface area contributed by atoms with Crippen LogP contribution >= 0.6 is 0 Å². The van der Waals surface area contributed by atoms with Crippen molar-refractivity contribution in [2.75, 3.05) is 33.9 Å². The largest absolute Gasteiger partial charge is 0.496 e. The molecule has 2 N–H and O–H groups in total. The van der Waals surface area contributed by atoms with E-state index in [1.165, 1.54) is 18.4 Å². The van der Waals surface area contributed by atoms with Crippen molar-refractivity contribution in [1.82, 2.24) is 4.90 Å². The predicted molar refractivity (Wildman–Crippen MR) is 80.8 cm³/mol. The van der Waals surface area contributed by atoms with Crippen molar-refractivity contribution < 1.29 is 9.47 Å². The van der Waals surface area contributed by atoms with Crippen molar-refractivity contribution >= 4 is 0 Å². The average molecular weight is 278 g/mol. The molecule has 0 atom stereocenters. The Morgan fingerprint density at radius 1 is 1.25 bits per heavy atom. The quantitative estimate of drug-likeness (QED) is 0.865. The van der Waals surface area contributed by atoms with E-state index in [0.29, 0.717) is 6.54 Å². The number of rotatable bonds is 6. The van der Waals surface area contributed by atoms with Gasteiger partial charge in [-0.25, -0.2) is 0 Å². The van der Waals surface area contributed by atoms with Gasteiger partial charge < -0.3 is 15.2 Å². The molecule has 0 radical (unpaired) electrons. The maximum atomic E-state index is 5.77. The Balaban J connectivity index is 1.91. The normalized spacial score (nSPS) is 17.4. The molecule has 0 bridgehead atoms. The number of hydrogen-bond acceptors (Lipinski definition) is 4. The number of methoxy groups -OCH3 is 2. The minimum Gasteiger partial charge on any atom is -0.496 e. The maximum Gasteiger partial charge on any atom is 0.123 e. The fraction of sp³-hybridized carbons (Fsp3) is 0.625. The summed E-state index contributed by atoms with van der Waals surface area (Å²) >= 11 is 0. The van der Waals surface area contributed by atoms with Gasteiger partial charge in [0, 0.05) is 32.4 Å². The van der Waals surface area contributed by atoms with Gasteiger partial charge in [-0.3, -0.25) is 4.90 Å². The van der Waals surface area contributed by atoms with E-state index in [2.05, 4.69) is 17.0 Å². The molecular weight excluding hydrogens is 252 g/mol. The summed E-state index contributed by atoms with van der Waals surface area (Å²) in [6.45, 7) is 4.72. The molecule has 0 amide bonds. The molecule has 1 aliphatic rings. The Kier molecular flexibility index (Phi) is 5.83. The Labute approximate surface area is 121 Å². The first-order chi connectivity index (χ1) is 9.76. The van der Waals surface area contributed by atoms with E-state index < -0.39 is 0 Å². The third kappa shape index (κ3) is 3.95. The van der Waals surface area contributed by atoms with Crippen LogP contribution in [0, 0.1) is 5.92 Å². The second-order valence-electron chi connectivity index (χ2n) is 5.53. The van der Waals surface area contributed by atoms with E-state index in [9.17, 15) is 0 Å². The monoisotopic (exact) mass is 278 g/mol. The first-order valence-corrected chi connectivity index (χ1v) is 7.34. The zero-order valence-corrected chi connectivity index (χ0v) is 12.6. The van der Waals surface area contributed by atoms with Gasteiger partial charge in [0.2, 0.25) is 0 Å². The number of nitrogens with two attached hydrogens (primary N) is 1. The second kappa shape index (κ2) is 7.62. The van der Waals surface area contributed by atoms with Crippen LogP contribution in [0.3, 0.4) is 0 Å². The van der Waals surface area contributed by atoms with E-state index in [1.54, 1.807) is 14.2 Å². The lowest BCUT2D eigenvalue weighted by Crippen LogP contribution is -2.34. The van der Waals surface area contributed by atoms with Crippen LogP contribution < -0.4 is 10.5 Å². The van der Waals surface area contributed by atoms with Crippen molar-refractivity contribution in [1.29, 1.82) is 0 Å². The van der Waals surface area contributed by atoms with E-state index in [-0.39, 0.29) is 0 Å². The van der Waals surface area contributed by atoms with Crippen LogP contribution in [0.2, 0.25) is 0 Å². The van der Waals surface area contributed by atoms with E-state index in [4.69, 9.17) is 15.2 Å². The molecule has 0 unspecified atom stereocenters. The van der Waals surface area contributed by atoms with E-state index in [1.807, 2.05) is 6.07 Å². The van der Waals surface area contributed by atoms with Crippen LogP contribution in [-0.4, -0.2) is 38.8 Å². The molecule has 4 heteroatoms. The second-order valence-corrected chi connectivity index (χ2v) is 5.53. The SMILES string of the molecule is COCC1CCN(Cc2ccc(OC)c(CN)c2)CC1. The number of benzene rings is 1. The predicted octanol–water partition coefficient (Wildman–Crippen LogP) is 2.01. The Hall–Kier alpha value is -1.10. The summed E-state index contributed by atoms with van der Waals surface area (Å²) in [4.78, 5) is 2.51. The van der Waals surface area contributed by atoms with Crippen LogP contribution in [0.25, 0.3) is 0 Å². The van der Waals surface area contributed by atoms with Gasteiger partial charge in [-0.05, 0) is 49.5 Å². The summed E-state index contributed by atoms with van der Waals surface area (Å²) in [5, 5.41) is 0. The lowest BCUT2D eigenvalue weighted by atomic mass is 9.97. The number of hydrogen-bond donors (Lipinski definition) is 1. The molecule has 0 saturated carbocycles. The smallest absolute Gasteiger partial charge is 0.123 e. The summed E-state index contributed by atoms with van der Waals surface area (Å²) in [7, 11) is 3.48. The summed E-state index contributed by atoms with van der Waals surface area (Å²) < 4.78 is 10.6. The Morgan fingerprint density at radius 2 is 2.00 bits per heavy atom. The lowest BCUT2D eigenvalue weighted by Gasteiger charge is -2.31. The Bertz CT molecular complexity index is 415. The average Bonchev–Trinajstić information content (AvgIpc) is 2.49. The minimum atomic E-state index is 0.521. The van der Waals surface area contributed by atoms with Crippen LogP contribution in [-0.2, 0) is 17.8 Å². The molecule has 0 aliphatic carbocycles. The molecule has 1 saturated heterocycles. The Morgan fingerprint density at radius 3 is 2.60 bits per heavy atom. The minimum absolute atomic E-state index is 0.521. The molecule has 4 nitrogen and oxygen atoms in total. The van der Waals surface area contributed by atoms with Crippen LogP contribution in [0.1, 0.15) is 24.0 Å². The zero-order chi connectivity index (χ0) is 14.4. The van der Waals surface area contributed by atoms with Gasteiger partial charge in [-0.15, -0.1) is 0 Å². The molecule has 20 heavy (non-hydrogen) atoms. The number of piperidine rings is 1. The number of nitrogens with zero attached hydrogens (tertiary/aromatic N) is 1. The molecule has 112 valence electrons. The van der Waals surface area contributed by atoms with Gasteiger partial charge in [0.1, 0.15) is 5.75 Å². The third-order valence-electron chi connectivity index (χ3n) is 4.08. The van der Waals surface area contributed by atoms with Crippen LogP contribution in [0.4, 0.5) is 0 Å². The molecule has 1 aromatic rings. The molecule has 1 aliphatic heterocycles. The van der Waals surface area contributed by atoms with Gasteiger partial charge in [0.25, 0.3) is 0 Å². The van der Waals surface area contributed by atoms with Crippen molar-refractivity contribution in [2.45, 2.75) is 25.9 Å². The van der Waals surface area contributed by atoms with Gasteiger partial charge in [0.05, 0.1) is 7.11 Å². The maximum absolute atomic E-state index is 5.77. The molecule has 0 spiro atoms. The topological polar surface area (TPSA) is 47.7 Å². The van der Waals surface area contributed by atoms with Crippen molar-refractivity contribution in [3.05, 3.63) is 29.3 Å². The van der Waals surface area contributed by atoms with Gasteiger partial charge in [-0.1, -0.05) is 6.07 Å². The fourth-order valence-corrected chi connectivity index (χ4v) is 2.89. The number of likely N-dealkylation sites (tertiary alicyclic amines) is 1. The summed E-state index contributed by atoms with van der Waals surface area (Å²) in [5.41, 5.74) is 8.17. The molecule has 1 aromatic carbocycles. The molecule has 0 aromatic heterocycles. The highest BCUT2D eigenvalue weighted by molar-refractivity contribution is 5.37. The van der Waals surface area contributed by atoms with Gasteiger partial charge in [-0.2, -0.15) is 0 Å². The number of ether oxygens (including phenoxy) is 2. The van der Waals surface area contributed by atoms with E-state index in [0.717, 1.165) is 43.5 Å². The fourth-order valence-electron chi connectivity index (χ4n) is 2.89. The van der Waals surface area contributed by atoms with Crippen molar-refractivity contribution in [2.24, 2.45) is 11.7 Å². The van der Waals surface area contributed by atoms with E-state index >= 15 is 0 Å². The van der Waals surface area contributed by atoms with Crippen LogP contribution in [0.15, 0.2) is 18.2 Å². The molecule has 2 rings (SSSR count). The van der Waals surface area contributed by atoms with Gasteiger partial charge in [0.15, 0.2) is 0 Å². The van der Waals surface area contributed by atoms with Gasteiger partial charge >= 0.3 is 0 Å². The highest BCUT2D eigenvalue weighted by Crippen LogP contribution is 2.22. The highest BCUT2D eigenvalue weighted by Gasteiger charge is 2.19. The standard InChI is InChI=1S/C16H26N2O2/c1-19-12-13-5-7-18(8-6-13)11-14-3-4-16(20-2)15(9-14)10-17/h3-4,9,13H,5-8,10-12,17H2,1-2H3. The molecule has 1 heterocycles. The molecule has 1 fully saturated rings. The van der Waals surface area contributed by atoms with Crippen LogP contribution in [0.5, 0.6) is 5.75 Å². The third-order valence-corrected chi connectivity index (χ3v) is 4.08. The first-order valence-electron chi connectivity index (χ1n) is 7.34. The first kappa shape index (κ1) is 15.3. The van der Waals surface area contributed by atoms with Crippen molar-refractivity contribution in [3.63, 3.8) is 0 Å².